The highest BCUT2D eigenvalue weighted by atomic mass is 16.5. The lowest BCUT2D eigenvalue weighted by atomic mass is 10.1. The van der Waals surface area contributed by atoms with Crippen molar-refractivity contribution in [1.29, 1.82) is 0 Å². The van der Waals surface area contributed by atoms with Crippen LogP contribution in [-0.4, -0.2) is 75.2 Å². The molecule has 3 heterocycles. The first-order valence-corrected chi connectivity index (χ1v) is 10.1. The fourth-order valence-electron chi connectivity index (χ4n) is 3.60. The molecule has 0 saturated carbocycles. The Balaban J connectivity index is 1.48. The molecule has 10 nitrogen and oxygen atoms in total. The van der Waals surface area contributed by atoms with E-state index in [0.717, 1.165) is 44.8 Å². The number of hydrazine groups is 1. The topological polar surface area (TPSA) is 109 Å². The summed E-state index contributed by atoms with van der Waals surface area (Å²) in [5, 5.41) is 4.96. The number of hydrogen-bond donors (Lipinski definition) is 3. The van der Waals surface area contributed by atoms with E-state index in [0.29, 0.717) is 29.7 Å². The average molecular weight is 415 g/mol. The monoisotopic (exact) mass is 415 g/mol. The van der Waals surface area contributed by atoms with Crippen molar-refractivity contribution >= 4 is 11.7 Å². The van der Waals surface area contributed by atoms with Gasteiger partial charge in [0, 0.05) is 50.2 Å². The highest BCUT2D eigenvalue weighted by Crippen LogP contribution is 2.31. The Kier molecular flexibility index (Phi) is 6.18. The van der Waals surface area contributed by atoms with Gasteiger partial charge in [0.1, 0.15) is 11.5 Å². The average Bonchev–Trinajstić information content (AvgIpc) is 3.15. The van der Waals surface area contributed by atoms with Crippen LogP contribution in [0.4, 0.5) is 0 Å². The maximum atomic E-state index is 6.62. The third-order valence-corrected chi connectivity index (χ3v) is 5.25. The van der Waals surface area contributed by atoms with Gasteiger partial charge >= 0.3 is 0 Å². The maximum absolute atomic E-state index is 6.62. The number of methoxy groups -OCH3 is 2. The second kappa shape index (κ2) is 9.00. The van der Waals surface area contributed by atoms with Crippen LogP contribution < -0.4 is 25.9 Å². The van der Waals surface area contributed by atoms with Crippen LogP contribution in [-0.2, 0) is 10.5 Å². The minimum Gasteiger partial charge on any atom is -0.497 e. The number of hydrogen-bond acceptors (Lipinski definition) is 9. The fraction of sp³-hybridized carbons (Fsp3) is 0.500. The van der Waals surface area contributed by atoms with E-state index in [1.54, 1.807) is 25.3 Å². The minimum atomic E-state index is -1.16. The number of fused-ring (bicyclic) bond motifs is 1. The van der Waals surface area contributed by atoms with Gasteiger partial charge in [0.05, 0.1) is 27.4 Å². The van der Waals surface area contributed by atoms with Gasteiger partial charge in [-0.3, -0.25) is 20.6 Å². The van der Waals surface area contributed by atoms with Gasteiger partial charge in [0.2, 0.25) is 5.79 Å². The van der Waals surface area contributed by atoms with Crippen molar-refractivity contribution in [3.8, 4) is 11.5 Å². The zero-order chi connectivity index (χ0) is 21.0. The van der Waals surface area contributed by atoms with E-state index in [1.807, 2.05) is 24.5 Å². The SMILES string of the molecule is COc1cc(OC)cc(C2(N)N=C3C(=NCCCN4CCOCC4)NC=CN3N2)c1. The van der Waals surface area contributed by atoms with E-state index in [4.69, 9.17) is 29.9 Å². The van der Waals surface area contributed by atoms with Gasteiger partial charge in [-0.2, -0.15) is 5.43 Å². The second-order valence-electron chi connectivity index (χ2n) is 7.28. The lowest BCUT2D eigenvalue weighted by molar-refractivity contribution is 0.0377. The van der Waals surface area contributed by atoms with Gasteiger partial charge in [-0.15, -0.1) is 0 Å². The Labute approximate surface area is 176 Å². The largest absolute Gasteiger partial charge is 0.497 e. The molecule has 0 bridgehead atoms. The number of amidine groups is 2. The van der Waals surface area contributed by atoms with E-state index in [9.17, 15) is 0 Å². The van der Waals surface area contributed by atoms with Gasteiger partial charge in [0.25, 0.3) is 0 Å². The van der Waals surface area contributed by atoms with Crippen LogP contribution in [0, 0.1) is 0 Å². The highest BCUT2D eigenvalue weighted by molar-refractivity contribution is 6.41. The summed E-state index contributed by atoms with van der Waals surface area (Å²) in [6, 6.07) is 5.48. The summed E-state index contributed by atoms with van der Waals surface area (Å²) < 4.78 is 16.1. The molecule has 0 amide bonds. The molecule has 1 unspecified atom stereocenters. The van der Waals surface area contributed by atoms with E-state index in [1.165, 1.54) is 0 Å². The lowest BCUT2D eigenvalue weighted by Gasteiger charge is -2.27. The molecule has 30 heavy (non-hydrogen) atoms. The molecule has 1 aromatic rings. The number of nitrogens with two attached hydrogens (primary N) is 1. The lowest BCUT2D eigenvalue weighted by Crippen LogP contribution is -2.52. The number of benzene rings is 1. The van der Waals surface area contributed by atoms with E-state index >= 15 is 0 Å². The number of ether oxygens (including phenoxy) is 3. The summed E-state index contributed by atoms with van der Waals surface area (Å²) in [4.78, 5) is 11.9. The van der Waals surface area contributed by atoms with Crippen LogP contribution >= 0.6 is 0 Å². The zero-order valence-corrected chi connectivity index (χ0v) is 17.4. The maximum Gasteiger partial charge on any atom is 0.208 e. The van der Waals surface area contributed by atoms with Gasteiger partial charge < -0.3 is 19.5 Å². The standard InChI is InChI=1S/C20H29N7O3/c1-28-16-12-15(13-17(14-16)29-2)20(21)24-19-18(23-5-7-27(19)25-20)22-4-3-6-26-8-10-30-11-9-26/h5,7,12-14,25H,3-4,6,8-11,21H2,1-2H3,(H,22,23). The summed E-state index contributed by atoms with van der Waals surface area (Å²) in [6.45, 7) is 5.31. The van der Waals surface area contributed by atoms with Crippen LogP contribution in [0.3, 0.4) is 0 Å². The molecule has 162 valence electrons. The fourth-order valence-corrected chi connectivity index (χ4v) is 3.60. The van der Waals surface area contributed by atoms with Crippen LogP contribution in [0.1, 0.15) is 12.0 Å². The van der Waals surface area contributed by atoms with Crippen LogP contribution in [0.15, 0.2) is 40.6 Å². The summed E-state index contributed by atoms with van der Waals surface area (Å²) in [6.07, 6.45) is 4.61. The summed E-state index contributed by atoms with van der Waals surface area (Å²) >= 11 is 0. The molecular formula is C20H29N7O3. The molecule has 0 aliphatic carbocycles. The van der Waals surface area contributed by atoms with Gasteiger partial charge in [-0.05, 0) is 18.6 Å². The Bertz CT molecular complexity index is 829. The number of morpholine rings is 1. The number of nitrogens with one attached hydrogen (secondary N) is 2. The van der Waals surface area contributed by atoms with E-state index in [-0.39, 0.29) is 0 Å². The van der Waals surface area contributed by atoms with Crippen LogP contribution in [0.5, 0.6) is 11.5 Å². The summed E-state index contributed by atoms with van der Waals surface area (Å²) in [7, 11) is 3.21. The van der Waals surface area contributed by atoms with Crippen molar-refractivity contribution in [3.63, 3.8) is 0 Å². The predicted octanol–water partition coefficient (Wildman–Crippen LogP) is 0.187. The first-order chi connectivity index (χ1) is 14.6. The third-order valence-electron chi connectivity index (χ3n) is 5.25. The van der Waals surface area contributed by atoms with Crippen molar-refractivity contribution in [2.24, 2.45) is 15.7 Å². The Hall–Kier alpha value is -2.66. The number of aliphatic imine (C=N–C) groups is 2. The van der Waals surface area contributed by atoms with Crippen molar-refractivity contribution in [2.75, 3.05) is 53.6 Å². The summed E-state index contributed by atoms with van der Waals surface area (Å²) in [5.74, 6) is 1.46. The third kappa shape index (κ3) is 4.41. The first-order valence-electron chi connectivity index (χ1n) is 10.1. The minimum absolute atomic E-state index is 0.645. The van der Waals surface area contributed by atoms with Crippen molar-refractivity contribution in [3.05, 3.63) is 36.2 Å². The normalized spacial score (nSPS) is 25.1. The molecule has 4 N–H and O–H groups in total. The molecule has 3 aliphatic rings. The van der Waals surface area contributed by atoms with Crippen LogP contribution in [0.25, 0.3) is 0 Å². The summed E-state index contributed by atoms with van der Waals surface area (Å²) in [5.41, 5.74) is 10.6. The van der Waals surface area contributed by atoms with E-state index < -0.39 is 5.79 Å². The molecular weight excluding hydrogens is 386 g/mol. The van der Waals surface area contributed by atoms with Gasteiger partial charge in [-0.1, -0.05) is 0 Å². The smallest absolute Gasteiger partial charge is 0.208 e. The molecule has 1 atom stereocenters. The first kappa shape index (κ1) is 20.6. The molecule has 3 aliphatic heterocycles. The molecule has 0 spiro atoms. The number of nitrogens with zero attached hydrogens (tertiary/aromatic N) is 4. The van der Waals surface area contributed by atoms with Crippen molar-refractivity contribution in [1.82, 2.24) is 20.7 Å². The molecule has 0 radical (unpaired) electrons. The van der Waals surface area contributed by atoms with Gasteiger partial charge in [-0.25, -0.2) is 4.99 Å². The van der Waals surface area contributed by atoms with Crippen molar-refractivity contribution < 1.29 is 14.2 Å². The zero-order valence-electron chi connectivity index (χ0n) is 17.4. The Morgan fingerprint density at radius 3 is 2.63 bits per heavy atom. The predicted molar refractivity (Wildman–Crippen MR) is 114 cm³/mol. The second-order valence-corrected chi connectivity index (χ2v) is 7.28. The Morgan fingerprint density at radius 1 is 1.20 bits per heavy atom. The Morgan fingerprint density at radius 2 is 1.93 bits per heavy atom. The molecule has 10 heteroatoms. The molecule has 1 fully saturated rings. The van der Waals surface area contributed by atoms with Crippen molar-refractivity contribution in [2.45, 2.75) is 12.2 Å². The van der Waals surface area contributed by atoms with Crippen LogP contribution in [0.2, 0.25) is 0 Å². The quantitative estimate of drug-likeness (QED) is 0.542. The molecule has 4 rings (SSSR count). The number of rotatable bonds is 7. The highest BCUT2D eigenvalue weighted by Gasteiger charge is 2.39. The molecule has 1 saturated heterocycles. The van der Waals surface area contributed by atoms with E-state index in [2.05, 4.69) is 15.6 Å². The molecule has 1 aromatic carbocycles. The molecule has 0 aromatic heterocycles. The van der Waals surface area contributed by atoms with Gasteiger partial charge in [0.15, 0.2) is 11.7 Å².